The van der Waals surface area contributed by atoms with Gasteiger partial charge in [0.2, 0.25) is 0 Å². The molecule has 1 fully saturated rings. The molecule has 0 radical (unpaired) electrons. The highest BCUT2D eigenvalue weighted by molar-refractivity contribution is 5.75. The summed E-state index contributed by atoms with van der Waals surface area (Å²) in [6.45, 7) is 7.63. The lowest BCUT2D eigenvalue weighted by Crippen LogP contribution is -2.42. The Labute approximate surface area is 119 Å². The van der Waals surface area contributed by atoms with Crippen LogP contribution >= 0.6 is 0 Å². The van der Waals surface area contributed by atoms with Crippen LogP contribution in [-0.4, -0.2) is 52.1 Å². The summed E-state index contributed by atoms with van der Waals surface area (Å²) in [4.78, 5) is 13.5. The fourth-order valence-corrected chi connectivity index (χ4v) is 2.38. The molecule has 1 saturated heterocycles. The van der Waals surface area contributed by atoms with Gasteiger partial charge < -0.3 is 9.84 Å². The maximum absolute atomic E-state index is 11.6. The van der Waals surface area contributed by atoms with Crippen LogP contribution in [0.1, 0.15) is 31.9 Å². The third-order valence-electron chi connectivity index (χ3n) is 3.55. The molecule has 6 heteroatoms. The summed E-state index contributed by atoms with van der Waals surface area (Å²) in [5.74, 6) is -0.215. The van der Waals surface area contributed by atoms with Crippen molar-refractivity contribution in [2.45, 2.75) is 32.9 Å². The summed E-state index contributed by atoms with van der Waals surface area (Å²) >= 11 is 0. The predicted molar refractivity (Wildman–Crippen MR) is 74.5 cm³/mol. The van der Waals surface area contributed by atoms with Crippen molar-refractivity contribution in [3.8, 4) is 0 Å². The van der Waals surface area contributed by atoms with Gasteiger partial charge in [-0.3, -0.25) is 14.4 Å². The van der Waals surface area contributed by atoms with E-state index in [2.05, 4.69) is 18.9 Å². The van der Waals surface area contributed by atoms with Crippen molar-refractivity contribution >= 4 is 5.97 Å². The highest BCUT2D eigenvalue weighted by Gasteiger charge is 2.29. The van der Waals surface area contributed by atoms with Gasteiger partial charge in [-0.25, -0.2) is 0 Å². The van der Waals surface area contributed by atoms with Crippen LogP contribution in [0, 0.1) is 5.92 Å². The molecular weight excluding hydrogens is 258 g/mol. The van der Waals surface area contributed by atoms with Crippen molar-refractivity contribution in [1.82, 2.24) is 14.7 Å². The highest BCUT2D eigenvalue weighted by Crippen LogP contribution is 2.22. The second-order valence-electron chi connectivity index (χ2n) is 5.61. The molecule has 0 saturated carbocycles. The van der Waals surface area contributed by atoms with Crippen LogP contribution in [0.2, 0.25) is 0 Å². The number of nitrogens with zero attached hydrogens (tertiary/aromatic N) is 3. The van der Waals surface area contributed by atoms with Crippen molar-refractivity contribution in [2.75, 3.05) is 26.3 Å². The Kier molecular flexibility index (Phi) is 5.14. The quantitative estimate of drug-likeness (QED) is 0.853. The zero-order chi connectivity index (χ0) is 14.5. The van der Waals surface area contributed by atoms with Crippen LogP contribution in [0.3, 0.4) is 0 Å². The van der Waals surface area contributed by atoms with Crippen molar-refractivity contribution in [3.05, 3.63) is 18.0 Å². The lowest BCUT2D eigenvalue weighted by Gasteiger charge is -2.31. The first-order valence-electron chi connectivity index (χ1n) is 7.15. The number of hydrogen-bond donors (Lipinski definition) is 1. The Balaban J connectivity index is 2.07. The molecule has 6 nitrogen and oxygen atoms in total. The number of aryl methyl sites for hydroxylation is 1. The molecular formula is C14H23N3O3. The number of morpholine rings is 1. The summed E-state index contributed by atoms with van der Waals surface area (Å²) in [6.07, 6.45) is 4.57. The molecule has 1 atom stereocenters. The van der Waals surface area contributed by atoms with Gasteiger partial charge in [-0.1, -0.05) is 13.8 Å². The minimum Gasteiger partial charge on any atom is -0.480 e. The topological polar surface area (TPSA) is 67.6 Å². The van der Waals surface area contributed by atoms with Crippen LogP contribution in [-0.2, 0) is 16.1 Å². The average molecular weight is 281 g/mol. The minimum absolute atomic E-state index is 0.589. The maximum atomic E-state index is 11.6. The number of aliphatic carboxylic acids is 1. The molecule has 2 heterocycles. The molecule has 0 spiro atoms. The van der Waals surface area contributed by atoms with E-state index < -0.39 is 12.0 Å². The first-order chi connectivity index (χ1) is 9.58. The maximum Gasteiger partial charge on any atom is 0.325 e. The SMILES string of the molecule is CC(C)CCn1cc([C@@H](C(=O)O)N2CCOCC2)cn1. The predicted octanol–water partition coefficient (Wildman–Crippen LogP) is 1.39. The second-order valence-corrected chi connectivity index (χ2v) is 5.61. The Morgan fingerprint density at radius 2 is 2.15 bits per heavy atom. The standard InChI is InChI=1S/C14H23N3O3/c1-11(2)3-4-17-10-12(9-15-17)13(14(18)19)16-5-7-20-8-6-16/h9-11,13H,3-8H2,1-2H3,(H,18,19)/t13-/m0/s1. The number of aromatic nitrogens is 2. The Bertz CT molecular complexity index is 439. The van der Waals surface area contributed by atoms with E-state index in [1.165, 1.54) is 0 Å². The van der Waals surface area contributed by atoms with Crippen molar-refractivity contribution in [2.24, 2.45) is 5.92 Å². The molecule has 1 aliphatic heterocycles. The Hall–Kier alpha value is -1.40. The van der Waals surface area contributed by atoms with Crippen LogP contribution in [0.15, 0.2) is 12.4 Å². The lowest BCUT2D eigenvalue weighted by atomic mass is 10.1. The number of carbonyl (C=O) groups is 1. The van der Waals surface area contributed by atoms with Crippen LogP contribution in [0.25, 0.3) is 0 Å². The number of ether oxygens (including phenoxy) is 1. The van der Waals surface area contributed by atoms with Gasteiger partial charge in [-0.2, -0.15) is 5.10 Å². The zero-order valence-corrected chi connectivity index (χ0v) is 12.2. The largest absolute Gasteiger partial charge is 0.480 e. The Morgan fingerprint density at radius 1 is 1.45 bits per heavy atom. The van der Waals surface area contributed by atoms with E-state index in [4.69, 9.17) is 4.74 Å². The summed E-state index contributed by atoms with van der Waals surface area (Å²) in [7, 11) is 0. The van der Waals surface area contributed by atoms with Crippen molar-refractivity contribution in [1.29, 1.82) is 0 Å². The number of carboxylic acid groups (broad SMARTS) is 1. The summed E-state index contributed by atoms with van der Waals surface area (Å²) < 4.78 is 7.12. The molecule has 20 heavy (non-hydrogen) atoms. The van der Waals surface area contributed by atoms with Gasteiger partial charge in [0.15, 0.2) is 0 Å². The molecule has 0 bridgehead atoms. The van der Waals surface area contributed by atoms with E-state index in [1.54, 1.807) is 6.20 Å². The van der Waals surface area contributed by atoms with Gasteiger partial charge in [0.1, 0.15) is 6.04 Å². The smallest absolute Gasteiger partial charge is 0.325 e. The molecule has 0 aliphatic carbocycles. The fraction of sp³-hybridized carbons (Fsp3) is 0.714. The monoisotopic (exact) mass is 281 g/mol. The first-order valence-corrected chi connectivity index (χ1v) is 7.15. The number of carboxylic acids is 1. The first kappa shape index (κ1) is 15.0. The lowest BCUT2D eigenvalue weighted by molar-refractivity contribution is -0.145. The molecule has 2 rings (SSSR count). The third kappa shape index (κ3) is 3.80. The Morgan fingerprint density at radius 3 is 2.75 bits per heavy atom. The summed E-state index contributed by atoms with van der Waals surface area (Å²) in [6, 6.07) is -0.619. The fourth-order valence-electron chi connectivity index (χ4n) is 2.38. The van der Waals surface area contributed by atoms with Gasteiger partial charge in [0.05, 0.1) is 19.4 Å². The van der Waals surface area contributed by atoms with E-state index in [9.17, 15) is 9.90 Å². The second kappa shape index (κ2) is 6.85. The minimum atomic E-state index is -0.824. The van der Waals surface area contributed by atoms with Crippen LogP contribution < -0.4 is 0 Å². The van der Waals surface area contributed by atoms with Gasteiger partial charge in [-0.15, -0.1) is 0 Å². The van der Waals surface area contributed by atoms with E-state index in [-0.39, 0.29) is 0 Å². The summed E-state index contributed by atoms with van der Waals surface area (Å²) in [5.41, 5.74) is 0.753. The van der Waals surface area contributed by atoms with Crippen molar-refractivity contribution in [3.63, 3.8) is 0 Å². The highest BCUT2D eigenvalue weighted by atomic mass is 16.5. The molecule has 1 N–H and O–H groups in total. The third-order valence-corrected chi connectivity index (χ3v) is 3.55. The molecule has 112 valence electrons. The zero-order valence-electron chi connectivity index (χ0n) is 12.2. The van der Waals surface area contributed by atoms with Crippen molar-refractivity contribution < 1.29 is 14.6 Å². The normalized spacial score (nSPS) is 18.4. The summed E-state index contributed by atoms with van der Waals surface area (Å²) in [5, 5.41) is 13.8. The van der Waals surface area contributed by atoms with Crippen LogP contribution in [0.4, 0.5) is 0 Å². The van der Waals surface area contributed by atoms with E-state index in [1.807, 2.05) is 15.8 Å². The molecule has 1 aromatic rings. The molecule has 1 aliphatic rings. The molecule has 0 amide bonds. The molecule has 1 aromatic heterocycles. The van der Waals surface area contributed by atoms with Crippen LogP contribution in [0.5, 0.6) is 0 Å². The van der Waals surface area contributed by atoms with Gasteiger partial charge in [0, 0.05) is 31.4 Å². The van der Waals surface area contributed by atoms with Gasteiger partial charge in [-0.05, 0) is 12.3 Å². The average Bonchev–Trinajstić information content (AvgIpc) is 2.86. The van der Waals surface area contributed by atoms with Gasteiger partial charge in [0.25, 0.3) is 0 Å². The molecule has 0 aromatic carbocycles. The number of rotatable bonds is 6. The number of hydrogen-bond acceptors (Lipinski definition) is 4. The molecule has 0 unspecified atom stereocenters. The van der Waals surface area contributed by atoms with E-state index in [0.29, 0.717) is 32.2 Å². The van der Waals surface area contributed by atoms with Gasteiger partial charge >= 0.3 is 5.97 Å². The van der Waals surface area contributed by atoms with E-state index in [0.717, 1.165) is 18.5 Å². The van der Waals surface area contributed by atoms with E-state index >= 15 is 0 Å².